The van der Waals surface area contributed by atoms with Crippen molar-refractivity contribution < 1.29 is 9.79 Å². The van der Waals surface area contributed by atoms with Crippen molar-refractivity contribution in [3.8, 4) is 17.0 Å². The smallest absolute Gasteiger partial charge is 0.325 e. The molecular formula is C17H14BrN4O2S+. The van der Waals surface area contributed by atoms with Crippen LogP contribution in [-0.2, 0) is 0 Å². The number of rotatable bonds is 2. The summed E-state index contributed by atoms with van der Waals surface area (Å²) in [6, 6.07) is 12.6. The second kappa shape index (κ2) is 6.20. The first-order chi connectivity index (χ1) is 12.1. The van der Waals surface area contributed by atoms with Crippen molar-refractivity contribution >= 4 is 33.4 Å². The van der Waals surface area contributed by atoms with Gasteiger partial charge in [-0.05, 0) is 53.4 Å². The van der Waals surface area contributed by atoms with E-state index < -0.39 is 0 Å². The average molecular weight is 418 g/mol. The van der Waals surface area contributed by atoms with E-state index in [1.807, 2.05) is 36.6 Å². The Labute approximate surface area is 156 Å². The lowest BCUT2D eigenvalue weighted by molar-refractivity contribution is -0.759. The number of fused-ring (bicyclic) bond motifs is 3. The number of H-pyrrole nitrogens is 1. The van der Waals surface area contributed by atoms with Gasteiger partial charge >= 0.3 is 11.3 Å². The summed E-state index contributed by atoms with van der Waals surface area (Å²) < 4.78 is 2.59. The lowest BCUT2D eigenvalue weighted by atomic mass is 10.0. The summed E-state index contributed by atoms with van der Waals surface area (Å²) in [5.74, 6) is 0.192. The topological polar surface area (TPSA) is 81.9 Å². The summed E-state index contributed by atoms with van der Waals surface area (Å²) in [4.78, 5) is 15.6. The van der Waals surface area contributed by atoms with Gasteiger partial charge in [-0.15, -0.1) is 0 Å². The van der Waals surface area contributed by atoms with Gasteiger partial charge in [-0.2, -0.15) is 0 Å². The van der Waals surface area contributed by atoms with E-state index in [1.54, 1.807) is 16.8 Å². The molecule has 1 aliphatic heterocycles. The van der Waals surface area contributed by atoms with Crippen molar-refractivity contribution in [1.82, 2.24) is 10.1 Å². The molecule has 2 heterocycles. The van der Waals surface area contributed by atoms with E-state index in [4.69, 9.17) is 0 Å². The molecule has 0 saturated heterocycles. The molecule has 1 aliphatic rings. The summed E-state index contributed by atoms with van der Waals surface area (Å²) in [6.45, 7) is 0. The Balaban J connectivity index is 1.99. The zero-order valence-corrected chi connectivity index (χ0v) is 15.6. The van der Waals surface area contributed by atoms with Crippen LogP contribution < -0.4 is 15.6 Å². The Hall–Kier alpha value is -2.32. The average Bonchev–Trinajstić information content (AvgIpc) is 2.61. The highest BCUT2D eigenvalue weighted by atomic mass is 79.9. The molecule has 126 valence electrons. The molecule has 1 aromatic heterocycles. The lowest BCUT2D eigenvalue weighted by Crippen LogP contribution is -2.55. The number of phenols is 1. The SMILES string of the molecule is CSc1n[n+]2c(c(=O)[nH]1)-c1cc(Br)ccc1N[C@@H]2c1ccc(O)cc1. The Kier molecular flexibility index (Phi) is 4.01. The third kappa shape index (κ3) is 2.81. The summed E-state index contributed by atoms with van der Waals surface area (Å²) in [7, 11) is 0. The number of halogens is 1. The van der Waals surface area contributed by atoms with Crippen molar-refractivity contribution in [3.63, 3.8) is 0 Å². The minimum absolute atomic E-state index is 0.191. The summed E-state index contributed by atoms with van der Waals surface area (Å²) in [5, 5.41) is 18.1. The maximum absolute atomic E-state index is 12.7. The van der Waals surface area contributed by atoms with Gasteiger partial charge in [0.05, 0.1) is 11.3 Å². The van der Waals surface area contributed by atoms with Gasteiger partial charge in [0.25, 0.3) is 6.17 Å². The number of nitrogens with one attached hydrogen (secondary N) is 2. The van der Waals surface area contributed by atoms with E-state index in [2.05, 4.69) is 31.3 Å². The molecule has 0 spiro atoms. The third-order valence-corrected chi connectivity index (χ3v) is 5.10. The van der Waals surface area contributed by atoms with Crippen LogP contribution in [0.15, 0.2) is 56.9 Å². The van der Waals surface area contributed by atoms with Crippen LogP contribution in [0.4, 0.5) is 5.69 Å². The summed E-state index contributed by atoms with van der Waals surface area (Å²) in [5.41, 5.74) is 2.83. The molecule has 0 radical (unpaired) electrons. The van der Waals surface area contributed by atoms with Crippen molar-refractivity contribution in [2.24, 2.45) is 0 Å². The number of anilines is 1. The van der Waals surface area contributed by atoms with Crippen molar-refractivity contribution in [2.75, 3.05) is 11.6 Å². The van der Waals surface area contributed by atoms with Gasteiger partial charge in [-0.25, -0.2) is 0 Å². The number of thioether (sulfide) groups is 1. The molecule has 0 unspecified atom stereocenters. The number of phenolic OH excluding ortho intramolecular Hbond substituents is 1. The number of hydrogen-bond donors (Lipinski definition) is 3. The normalized spacial score (nSPS) is 15.2. The molecule has 8 heteroatoms. The lowest BCUT2D eigenvalue weighted by Gasteiger charge is -2.22. The largest absolute Gasteiger partial charge is 0.508 e. The highest BCUT2D eigenvalue weighted by Crippen LogP contribution is 2.34. The Bertz CT molecular complexity index is 1020. The predicted octanol–water partition coefficient (Wildman–Crippen LogP) is 2.89. The van der Waals surface area contributed by atoms with Gasteiger partial charge in [0.2, 0.25) is 5.16 Å². The molecule has 4 rings (SSSR count). The van der Waals surface area contributed by atoms with Crippen LogP contribution in [0.5, 0.6) is 5.75 Å². The van der Waals surface area contributed by atoms with Crippen molar-refractivity contribution in [1.29, 1.82) is 0 Å². The number of benzene rings is 2. The molecule has 0 amide bonds. The zero-order chi connectivity index (χ0) is 17.6. The van der Waals surface area contributed by atoms with Gasteiger partial charge < -0.3 is 10.4 Å². The van der Waals surface area contributed by atoms with E-state index in [1.165, 1.54) is 11.8 Å². The van der Waals surface area contributed by atoms with Crippen LogP contribution >= 0.6 is 27.7 Å². The second-order valence-electron chi connectivity index (χ2n) is 5.58. The first-order valence-electron chi connectivity index (χ1n) is 7.52. The van der Waals surface area contributed by atoms with Crippen LogP contribution in [-0.4, -0.2) is 21.4 Å². The first kappa shape index (κ1) is 16.2. The monoisotopic (exact) mass is 417 g/mol. The molecule has 3 N–H and O–H groups in total. The summed E-state index contributed by atoms with van der Waals surface area (Å²) >= 11 is 4.84. The standard InChI is InChI=1S/C17H13BrN4O2S/c1-25-17-20-16(24)14-12-8-10(18)4-7-13(12)19-15(22(14)21-17)9-2-5-11(23)6-3-9/h2-8,15H,1H3,(H2,20,21,23,24)/p+1/t15-/m0/s1. The fourth-order valence-electron chi connectivity index (χ4n) is 2.89. The van der Waals surface area contributed by atoms with Crippen LogP contribution in [0.2, 0.25) is 0 Å². The molecule has 3 aromatic rings. The van der Waals surface area contributed by atoms with E-state index >= 15 is 0 Å². The van der Waals surface area contributed by atoms with Gasteiger partial charge in [0.15, 0.2) is 0 Å². The van der Waals surface area contributed by atoms with Crippen LogP contribution in [0.3, 0.4) is 0 Å². The van der Waals surface area contributed by atoms with Crippen molar-refractivity contribution in [2.45, 2.75) is 11.3 Å². The number of nitrogens with zero attached hydrogens (tertiary/aromatic N) is 2. The molecule has 0 bridgehead atoms. The predicted molar refractivity (Wildman–Crippen MR) is 99.8 cm³/mol. The summed E-state index contributed by atoms with van der Waals surface area (Å²) in [6.07, 6.45) is 1.51. The van der Waals surface area contributed by atoms with E-state index in [0.717, 1.165) is 21.3 Å². The van der Waals surface area contributed by atoms with Crippen LogP contribution in [0, 0.1) is 0 Å². The number of aromatic nitrogens is 3. The van der Waals surface area contributed by atoms with Gasteiger partial charge in [0, 0.05) is 15.1 Å². The maximum atomic E-state index is 12.7. The fraction of sp³-hybridized carbons (Fsp3) is 0.118. The van der Waals surface area contributed by atoms with Gasteiger partial charge in [-0.3, -0.25) is 9.78 Å². The minimum Gasteiger partial charge on any atom is -0.508 e. The third-order valence-electron chi connectivity index (χ3n) is 4.04. The maximum Gasteiger partial charge on any atom is 0.325 e. The highest BCUT2D eigenvalue weighted by Gasteiger charge is 2.37. The Morgan fingerprint density at radius 2 is 2.00 bits per heavy atom. The number of hydrogen-bond acceptors (Lipinski definition) is 5. The van der Waals surface area contributed by atoms with Gasteiger partial charge in [0.1, 0.15) is 5.75 Å². The molecular weight excluding hydrogens is 404 g/mol. The second-order valence-corrected chi connectivity index (χ2v) is 7.30. The molecule has 0 saturated carbocycles. The molecule has 0 aliphatic carbocycles. The number of aromatic amines is 1. The Morgan fingerprint density at radius 1 is 1.24 bits per heavy atom. The first-order valence-corrected chi connectivity index (χ1v) is 9.54. The quantitative estimate of drug-likeness (QED) is 0.441. The minimum atomic E-state index is -0.350. The van der Waals surface area contributed by atoms with E-state index in [0.29, 0.717) is 10.9 Å². The number of aromatic hydroxyl groups is 1. The van der Waals surface area contributed by atoms with E-state index in [-0.39, 0.29) is 17.5 Å². The van der Waals surface area contributed by atoms with Crippen molar-refractivity contribution in [3.05, 3.63) is 62.9 Å². The van der Waals surface area contributed by atoms with Crippen LogP contribution in [0.1, 0.15) is 11.7 Å². The highest BCUT2D eigenvalue weighted by molar-refractivity contribution is 9.10. The molecule has 2 aromatic carbocycles. The van der Waals surface area contributed by atoms with E-state index in [9.17, 15) is 9.90 Å². The fourth-order valence-corrected chi connectivity index (χ4v) is 3.61. The molecule has 1 atom stereocenters. The molecule has 25 heavy (non-hydrogen) atoms. The molecule has 6 nitrogen and oxygen atoms in total. The molecule has 0 fully saturated rings. The van der Waals surface area contributed by atoms with Crippen LogP contribution in [0.25, 0.3) is 11.3 Å². The Morgan fingerprint density at radius 3 is 2.72 bits per heavy atom. The zero-order valence-electron chi connectivity index (χ0n) is 13.2. The van der Waals surface area contributed by atoms with Gasteiger partial charge in [-0.1, -0.05) is 27.7 Å².